The molecular weight excluding hydrogens is 380 g/mol. The lowest BCUT2D eigenvalue weighted by Crippen LogP contribution is -2.11. The van der Waals surface area contributed by atoms with Crippen LogP contribution in [0.25, 0.3) is 0 Å². The summed E-state index contributed by atoms with van der Waals surface area (Å²) in [7, 11) is 0. The average molecular weight is 411 g/mol. The highest BCUT2D eigenvalue weighted by Gasteiger charge is 2.20. The summed E-state index contributed by atoms with van der Waals surface area (Å²) in [5, 5.41) is 0.828. The Balaban J connectivity index is 2.37. The highest BCUT2D eigenvalue weighted by atomic mass is 32.1. The zero-order chi connectivity index (χ0) is 21.6. The first-order valence-corrected chi connectivity index (χ1v) is 10.4. The largest absolute Gasteiger partial charge is 0.487 e. The predicted molar refractivity (Wildman–Crippen MR) is 124 cm³/mol. The number of carbonyl (C=O) groups is 1. The molecular formula is C24H30N2O2S. The van der Waals surface area contributed by atoms with E-state index in [0.29, 0.717) is 23.2 Å². The molecule has 1 aromatic heterocycles. The Bertz CT molecular complexity index is 934. The normalized spacial score (nSPS) is 11.3. The Morgan fingerprint density at radius 3 is 2.55 bits per heavy atom. The number of benzene rings is 1. The minimum absolute atomic E-state index is 0.373. The Kier molecular flexibility index (Phi) is 7.85. The van der Waals surface area contributed by atoms with Crippen molar-refractivity contribution in [1.29, 1.82) is 0 Å². The lowest BCUT2D eigenvalue weighted by Gasteiger charge is -2.20. The predicted octanol–water partition coefficient (Wildman–Crippen LogP) is 6.36. The number of hydrogen-bond donors (Lipinski definition) is 1. The Morgan fingerprint density at radius 2 is 2.00 bits per heavy atom. The van der Waals surface area contributed by atoms with E-state index in [1.165, 1.54) is 16.9 Å². The lowest BCUT2D eigenvalue weighted by molar-refractivity contribution is 0.100. The number of ether oxygens (including phenoxy) is 1. The number of nitrogens with zero attached hydrogens (tertiary/aromatic N) is 1. The summed E-state index contributed by atoms with van der Waals surface area (Å²) in [5.41, 5.74) is 9.99. The third-order valence-corrected chi connectivity index (χ3v) is 5.25. The van der Waals surface area contributed by atoms with Gasteiger partial charge in [0.05, 0.1) is 0 Å². The van der Waals surface area contributed by atoms with E-state index in [4.69, 9.17) is 10.5 Å². The van der Waals surface area contributed by atoms with Crippen LogP contribution in [0.1, 0.15) is 42.9 Å². The number of thiophene rings is 1. The maximum atomic E-state index is 12.0. The maximum absolute atomic E-state index is 12.0. The highest BCUT2D eigenvalue weighted by molar-refractivity contribution is 7.18. The lowest BCUT2D eigenvalue weighted by atomic mass is 10.1. The molecule has 1 aromatic carbocycles. The van der Waals surface area contributed by atoms with Crippen LogP contribution in [-0.4, -0.2) is 12.5 Å². The number of anilines is 2. The summed E-state index contributed by atoms with van der Waals surface area (Å²) >= 11 is 1.30. The summed E-state index contributed by atoms with van der Waals surface area (Å²) in [6, 6.07) is 9.87. The molecule has 0 unspecified atom stereocenters. The molecule has 4 nitrogen and oxygen atoms in total. The van der Waals surface area contributed by atoms with Crippen molar-refractivity contribution in [3.63, 3.8) is 0 Å². The highest BCUT2D eigenvalue weighted by Crippen LogP contribution is 2.40. The van der Waals surface area contributed by atoms with E-state index in [1.54, 1.807) is 6.20 Å². The van der Waals surface area contributed by atoms with E-state index in [1.807, 2.05) is 42.2 Å². The summed E-state index contributed by atoms with van der Waals surface area (Å²) < 4.78 is 6.04. The van der Waals surface area contributed by atoms with Crippen molar-refractivity contribution < 1.29 is 9.53 Å². The van der Waals surface area contributed by atoms with Crippen molar-refractivity contribution in [1.82, 2.24) is 0 Å². The first-order valence-electron chi connectivity index (χ1n) is 9.62. The molecule has 1 amide bonds. The van der Waals surface area contributed by atoms with Crippen molar-refractivity contribution >= 4 is 27.9 Å². The number of hydrogen-bond acceptors (Lipinski definition) is 4. The van der Waals surface area contributed by atoms with Crippen LogP contribution in [0, 0.1) is 12.8 Å². The number of para-hydroxylation sites is 1. The van der Waals surface area contributed by atoms with E-state index in [0.717, 1.165) is 21.8 Å². The van der Waals surface area contributed by atoms with E-state index in [2.05, 4.69) is 46.4 Å². The summed E-state index contributed by atoms with van der Waals surface area (Å²) in [5.74, 6) is 0.395. The van der Waals surface area contributed by atoms with Crippen LogP contribution < -0.4 is 15.4 Å². The third kappa shape index (κ3) is 6.09. The average Bonchev–Trinajstić information content (AvgIpc) is 3.05. The third-order valence-electron chi connectivity index (χ3n) is 4.12. The molecule has 154 valence electrons. The fraction of sp³-hybridized carbons (Fsp3) is 0.292. The Hall–Kier alpha value is -2.79. The van der Waals surface area contributed by atoms with E-state index in [9.17, 15) is 4.79 Å². The first-order chi connectivity index (χ1) is 13.7. The molecule has 0 bridgehead atoms. The summed E-state index contributed by atoms with van der Waals surface area (Å²) in [4.78, 5) is 14.4. The van der Waals surface area contributed by atoms with Crippen LogP contribution in [0.2, 0.25) is 0 Å². The van der Waals surface area contributed by atoms with Gasteiger partial charge in [-0.25, -0.2) is 0 Å². The zero-order valence-corrected chi connectivity index (χ0v) is 18.7. The van der Waals surface area contributed by atoms with Gasteiger partial charge in [0.15, 0.2) is 0 Å². The number of nitrogens with two attached hydrogens (primary N) is 1. The van der Waals surface area contributed by atoms with E-state index >= 15 is 0 Å². The molecule has 0 aliphatic carbocycles. The van der Waals surface area contributed by atoms with Crippen molar-refractivity contribution in [2.45, 2.75) is 34.6 Å². The molecule has 0 aliphatic rings. The Morgan fingerprint density at radius 1 is 1.31 bits per heavy atom. The second-order valence-electron chi connectivity index (χ2n) is 7.48. The van der Waals surface area contributed by atoms with Gasteiger partial charge in [0.25, 0.3) is 5.91 Å². The number of primary amides is 1. The SMILES string of the molecule is C=CN(c1cc(OC/C(C=C(C)C)=C/C(C)C)c(C(N)=O)s1)c1ccccc1C. The molecule has 1 heterocycles. The molecule has 5 heteroatoms. The van der Waals surface area contributed by atoms with Gasteiger partial charge in [-0.1, -0.05) is 56.4 Å². The molecule has 2 rings (SSSR count). The van der Waals surface area contributed by atoms with Gasteiger partial charge in [-0.15, -0.1) is 11.3 Å². The number of aryl methyl sites for hydroxylation is 1. The van der Waals surface area contributed by atoms with Gasteiger partial charge >= 0.3 is 0 Å². The van der Waals surface area contributed by atoms with Crippen molar-refractivity contribution in [2.24, 2.45) is 11.7 Å². The molecule has 0 spiro atoms. The van der Waals surface area contributed by atoms with E-state index < -0.39 is 5.91 Å². The maximum Gasteiger partial charge on any atom is 0.262 e. The van der Waals surface area contributed by atoms with Gasteiger partial charge in [0, 0.05) is 18.0 Å². The molecule has 0 fully saturated rings. The van der Waals surface area contributed by atoms with Crippen LogP contribution in [0.3, 0.4) is 0 Å². The number of rotatable bonds is 9. The Labute approximate surface area is 178 Å². The topological polar surface area (TPSA) is 55.6 Å². The second kappa shape index (κ2) is 10.1. The summed E-state index contributed by atoms with van der Waals surface area (Å²) in [6.07, 6.45) is 5.99. The number of carbonyl (C=O) groups excluding carboxylic acids is 1. The van der Waals surface area contributed by atoms with Crippen LogP contribution in [0.15, 0.2) is 66.4 Å². The fourth-order valence-electron chi connectivity index (χ4n) is 3.00. The standard InChI is InChI=1S/C24H30N2O2S/c1-7-26(20-11-9-8-10-18(20)6)22-14-21(23(29-22)24(25)27)28-15-19(12-16(2)3)13-17(4)5/h7-14,16H,1,15H2,2-6H3,(H2,25,27)/b19-12+. The number of allylic oxidation sites excluding steroid dienone is 2. The first kappa shape index (κ1) is 22.5. The van der Waals surface area contributed by atoms with Gasteiger partial charge in [0.1, 0.15) is 22.2 Å². The summed E-state index contributed by atoms with van der Waals surface area (Å²) in [6.45, 7) is 14.7. The van der Waals surface area contributed by atoms with Crippen molar-refractivity contribution in [3.05, 3.63) is 76.8 Å². The van der Waals surface area contributed by atoms with Gasteiger partial charge in [-0.05, 0) is 43.9 Å². The minimum atomic E-state index is -0.498. The number of amides is 1. The molecule has 0 aliphatic heterocycles. The minimum Gasteiger partial charge on any atom is -0.487 e. The molecule has 2 N–H and O–H groups in total. The molecule has 29 heavy (non-hydrogen) atoms. The van der Waals surface area contributed by atoms with Crippen molar-refractivity contribution in [2.75, 3.05) is 11.5 Å². The van der Waals surface area contributed by atoms with Crippen LogP contribution in [0.5, 0.6) is 5.75 Å². The second-order valence-corrected chi connectivity index (χ2v) is 8.51. The molecule has 0 atom stereocenters. The van der Waals surface area contributed by atoms with Crippen molar-refractivity contribution in [3.8, 4) is 5.75 Å². The molecule has 0 saturated carbocycles. The monoisotopic (exact) mass is 410 g/mol. The van der Waals surface area contributed by atoms with Gasteiger partial charge in [-0.2, -0.15) is 0 Å². The molecule has 0 radical (unpaired) electrons. The van der Waals surface area contributed by atoms with Crippen LogP contribution in [0.4, 0.5) is 10.7 Å². The van der Waals surface area contributed by atoms with Gasteiger partial charge in [0.2, 0.25) is 0 Å². The van der Waals surface area contributed by atoms with Crippen LogP contribution in [-0.2, 0) is 0 Å². The quantitative estimate of drug-likeness (QED) is 0.489. The zero-order valence-electron chi connectivity index (χ0n) is 17.9. The van der Waals surface area contributed by atoms with Gasteiger partial charge in [-0.3, -0.25) is 4.79 Å². The smallest absolute Gasteiger partial charge is 0.262 e. The molecule has 2 aromatic rings. The fourth-order valence-corrected chi connectivity index (χ4v) is 3.96. The van der Waals surface area contributed by atoms with Gasteiger partial charge < -0.3 is 15.4 Å². The van der Waals surface area contributed by atoms with Crippen LogP contribution >= 0.6 is 11.3 Å². The molecule has 0 saturated heterocycles. The van der Waals surface area contributed by atoms with E-state index in [-0.39, 0.29) is 0 Å².